The molecule has 2 aliphatic heterocycles. The lowest BCUT2D eigenvalue weighted by Gasteiger charge is -2.30. The summed E-state index contributed by atoms with van der Waals surface area (Å²) < 4.78 is 0. The highest BCUT2D eigenvalue weighted by atomic mass is 32.1. The zero-order chi connectivity index (χ0) is 18.1. The van der Waals surface area contributed by atoms with Crippen LogP contribution in [0.1, 0.15) is 62.3 Å². The lowest BCUT2D eigenvalue weighted by Crippen LogP contribution is -2.34. The molecular weight excluding hydrogens is 360 g/mol. The Labute approximate surface area is 163 Å². The predicted octanol–water partition coefficient (Wildman–Crippen LogP) is 3.32. The molecule has 27 heavy (non-hydrogen) atoms. The molecule has 0 spiro atoms. The summed E-state index contributed by atoms with van der Waals surface area (Å²) in [6.45, 7) is 4.09. The van der Waals surface area contributed by atoms with Gasteiger partial charge in [0, 0.05) is 32.1 Å². The molecule has 8 nitrogen and oxygen atoms in total. The van der Waals surface area contributed by atoms with Gasteiger partial charge in [0.1, 0.15) is 5.01 Å². The van der Waals surface area contributed by atoms with Crippen molar-refractivity contribution in [2.24, 2.45) is 0 Å². The van der Waals surface area contributed by atoms with Crippen molar-refractivity contribution >= 4 is 34.3 Å². The minimum Gasteiger partial charge on any atom is -0.341 e. The fraction of sp³-hybridized carbons (Fsp3) is 0.722. The SMILES string of the molecule is C1CCN(c2nc(Nc3nnc(C4CC4)s3)nc(N3CCCCC3)n2)CC1. The molecule has 3 fully saturated rings. The van der Waals surface area contributed by atoms with E-state index >= 15 is 0 Å². The number of nitrogens with one attached hydrogen (secondary N) is 1. The van der Waals surface area contributed by atoms with E-state index in [1.807, 2.05) is 0 Å². The molecule has 1 saturated carbocycles. The number of hydrogen-bond donors (Lipinski definition) is 1. The van der Waals surface area contributed by atoms with Crippen LogP contribution >= 0.6 is 11.3 Å². The van der Waals surface area contributed by atoms with Crippen LogP contribution in [0.15, 0.2) is 0 Å². The number of nitrogens with zero attached hydrogens (tertiary/aromatic N) is 7. The van der Waals surface area contributed by atoms with Gasteiger partial charge in [-0.15, -0.1) is 10.2 Å². The minimum atomic E-state index is 0.588. The lowest BCUT2D eigenvalue weighted by atomic mass is 10.1. The third kappa shape index (κ3) is 3.97. The van der Waals surface area contributed by atoms with Crippen LogP contribution < -0.4 is 15.1 Å². The van der Waals surface area contributed by atoms with Gasteiger partial charge in [-0.3, -0.25) is 5.32 Å². The molecule has 0 atom stereocenters. The molecule has 1 aliphatic carbocycles. The highest BCUT2D eigenvalue weighted by Gasteiger charge is 2.28. The smallest absolute Gasteiger partial charge is 0.235 e. The van der Waals surface area contributed by atoms with Crippen LogP contribution in [0.4, 0.5) is 23.0 Å². The Morgan fingerprint density at radius 1 is 0.741 bits per heavy atom. The first-order valence-electron chi connectivity index (χ1n) is 10.2. The Morgan fingerprint density at radius 2 is 1.33 bits per heavy atom. The van der Waals surface area contributed by atoms with Crippen molar-refractivity contribution in [2.45, 2.75) is 57.3 Å². The Bertz CT molecular complexity index is 741. The molecule has 0 bridgehead atoms. The van der Waals surface area contributed by atoms with Gasteiger partial charge in [-0.05, 0) is 51.4 Å². The molecule has 1 N–H and O–H groups in total. The largest absolute Gasteiger partial charge is 0.341 e. The Morgan fingerprint density at radius 3 is 1.89 bits per heavy atom. The van der Waals surface area contributed by atoms with Crippen molar-refractivity contribution < 1.29 is 0 Å². The normalized spacial score (nSPS) is 20.7. The maximum atomic E-state index is 4.82. The molecule has 9 heteroatoms. The number of piperidine rings is 2. The van der Waals surface area contributed by atoms with Crippen LogP contribution in [-0.4, -0.2) is 51.3 Å². The van der Waals surface area contributed by atoms with Crippen molar-refractivity contribution in [2.75, 3.05) is 41.3 Å². The molecule has 144 valence electrons. The van der Waals surface area contributed by atoms with E-state index in [-0.39, 0.29) is 0 Å². The quantitative estimate of drug-likeness (QED) is 0.838. The fourth-order valence-electron chi connectivity index (χ4n) is 3.76. The van der Waals surface area contributed by atoms with Gasteiger partial charge >= 0.3 is 0 Å². The van der Waals surface area contributed by atoms with Gasteiger partial charge < -0.3 is 9.80 Å². The van der Waals surface area contributed by atoms with Gasteiger partial charge in [0.15, 0.2) is 0 Å². The van der Waals surface area contributed by atoms with Gasteiger partial charge in [0.05, 0.1) is 0 Å². The highest BCUT2D eigenvalue weighted by Crippen LogP contribution is 2.42. The van der Waals surface area contributed by atoms with Crippen molar-refractivity contribution in [3.63, 3.8) is 0 Å². The zero-order valence-corrected chi connectivity index (χ0v) is 16.4. The molecule has 2 aromatic heterocycles. The van der Waals surface area contributed by atoms with Crippen LogP contribution in [0, 0.1) is 0 Å². The van der Waals surface area contributed by atoms with Crippen LogP contribution in [-0.2, 0) is 0 Å². The third-order valence-corrected chi connectivity index (χ3v) is 6.48. The average Bonchev–Trinajstić information content (AvgIpc) is 3.48. The summed E-state index contributed by atoms with van der Waals surface area (Å²) >= 11 is 1.62. The Kier molecular flexibility index (Phi) is 4.77. The predicted molar refractivity (Wildman–Crippen MR) is 107 cm³/mol. The van der Waals surface area contributed by atoms with Crippen molar-refractivity contribution in [1.29, 1.82) is 0 Å². The van der Waals surface area contributed by atoms with E-state index in [4.69, 9.17) is 15.0 Å². The summed E-state index contributed by atoms with van der Waals surface area (Å²) in [5.74, 6) is 2.79. The molecule has 0 unspecified atom stereocenters. The van der Waals surface area contributed by atoms with Crippen LogP contribution in [0.5, 0.6) is 0 Å². The van der Waals surface area contributed by atoms with Crippen molar-refractivity contribution in [3.8, 4) is 0 Å². The van der Waals surface area contributed by atoms with Gasteiger partial charge in [0.25, 0.3) is 0 Å². The second kappa shape index (κ2) is 7.53. The average molecular weight is 387 g/mol. The van der Waals surface area contributed by atoms with Crippen LogP contribution in [0.3, 0.4) is 0 Å². The third-order valence-electron chi connectivity index (χ3n) is 5.48. The second-order valence-corrected chi connectivity index (χ2v) is 8.71. The van der Waals surface area contributed by atoms with E-state index in [2.05, 4.69) is 25.3 Å². The van der Waals surface area contributed by atoms with Gasteiger partial charge in [-0.25, -0.2) is 0 Å². The second-order valence-electron chi connectivity index (χ2n) is 7.70. The summed E-state index contributed by atoms with van der Waals surface area (Å²) in [5.41, 5.74) is 0. The summed E-state index contributed by atoms with van der Waals surface area (Å²) in [4.78, 5) is 18.8. The van der Waals surface area contributed by atoms with Crippen LogP contribution in [0.25, 0.3) is 0 Å². The summed E-state index contributed by atoms with van der Waals surface area (Å²) in [5, 5.41) is 13.8. The summed E-state index contributed by atoms with van der Waals surface area (Å²) in [6, 6.07) is 0. The standard InChI is InChI=1S/C18H26N8S/c1-3-9-25(10-4-1)16-19-15(20-17(22-16)26-11-5-2-6-12-26)21-18-24-23-14(27-18)13-7-8-13/h13H,1-12H2,(H,19,20,21,22,24). The first kappa shape index (κ1) is 17.1. The number of aromatic nitrogens is 5. The molecular formula is C18H26N8S. The number of hydrogen-bond acceptors (Lipinski definition) is 9. The number of rotatable bonds is 5. The van der Waals surface area contributed by atoms with Crippen molar-refractivity contribution in [3.05, 3.63) is 5.01 Å². The van der Waals surface area contributed by atoms with Crippen molar-refractivity contribution in [1.82, 2.24) is 25.1 Å². The molecule has 0 amide bonds. The molecule has 2 aromatic rings. The van der Waals surface area contributed by atoms with E-state index in [0.717, 1.165) is 48.2 Å². The molecule has 5 rings (SSSR count). The maximum absolute atomic E-state index is 4.82. The first-order valence-corrected chi connectivity index (χ1v) is 11.0. The minimum absolute atomic E-state index is 0.588. The lowest BCUT2D eigenvalue weighted by molar-refractivity contribution is 0.556. The molecule has 0 radical (unpaired) electrons. The first-order chi connectivity index (χ1) is 13.3. The summed E-state index contributed by atoms with van der Waals surface area (Å²) in [6.07, 6.45) is 9.87. The van der Waals surface area contributed by atoms with Crippen LogP contribution in [0.2, 0.25) is 0 Å². The molecule has 2 saturated heterocycles. The van der Waals surface area contributed by atoms with Gasteiger partial charge in [-0.1, -0.05) is 11.3 Å². The van der Waals surface area contributed by atoms with E-state index < -0.39 is 0 Å². The number of anilines is 4. The van der Waals surface area contributed by atoms with Gasteiger partial charge in [-0.2, -0.15) is 15.0 Å². The monoisotopic (exact) mass is 386 g/mol. The molecule has 0 aromatic carbocycles. The maximum Gasteiger partial charge on any atom is 0.235 e. The van der Waals surface area contributed by atoms with Gasteiger partial charge in [0.2, 0.25) is 23.0 Å². The highest BCUT2D eigenvalue weighted by molar-refractivity contribution is 7.15. The zero-order valence-electron chi connectivity index (χ0n) is 15.6. The van der Waals surface area contributed by atoms with E-state index in [9.17, 15) is 0 Å². The Hall–Kier alpha value is -2.03. The topological polar surface area (TPSA) is 83.0 Å². The molecule has 3 aliphatic rings. The molecule has 4 heterocycles. The van der Waals surface area contributed by atoms with E-state index in [1.54, 1.807) is 11.3 Å². The van der Waals surface area contributed by atoms with E-state index in [0.29, 0.717) is 11.9 Å². The Balaban J connectivity index is 1.42. The summed E-state index contributed by atoms with van der Waals surface area (Å²) in [7, 11) is 0. The fourth-order valence-corrected chi connectivity index (χ4v) is 4.66. The van der Waals surface area contributed by atoms with E-state index in [1.165, 1.54) is 51.4 Å².